The fourth-order valence-electron chi connectivity index (χ4n) is 3.86. The number of amides is 2. The zero-order valence-electron chi connectivity index (χ0n) is 17.8. The molecule has 1 aliphatic heterocycles. The molecular weight excluding hydrogens is 448 g/mol. The SMILES string of the molecule is CCCc1ccc(C(=O)N2CCc3c(sc4nc(O)c(C(=O)NCC(=O)O)c(=O)n34)C2)cc1. The van der Waals surface area contributed by atoms with Crippen molar-refractivity contribution < 1.29 is 24.6 Å². The summed E-state index contributed by atoms with van der Waals surface area (Å²) in [7, 11) is 0. The summed E-state index contributed by atoms with van der Waals surface area (Å²) in [6.07, 6.45) is 2.35. The highest BCUT2D eigenvalue weighted by Gasteiger charge is 2.29. The summed E-state index contributed by atoms with van der Waals surface area (Å²) in [6, 6.07) is 7.54. The molecule has 0 atom stereocenters. The average Bonchev–Trinajstić information content (AvgIpc) is 3.15. The third-order valence-corrected chi connectivity index (χ3v) is 6.51. The summed E-state index contributed by atoms with van der Waals surface area (Å²) in [5, 5.41) is 20.9. The van der Waals surface area contributed by atoms with Gasteiger partial charge in [-0.15, -0.1) is 0 Å². The van der Waals surface area contributed by atoms with Crippen LogP contribution in [-0.2, 0) is 24.2 Å². The van der Waals surface area contributed by atoms with Crippen molar-refractivity contribution in [2.75, 3.05) is 13.1 Å². The normalized spacial score (nSPS) is 13.1. The van der Waals surface area contributed by atoms with Crippen LogP contribution in [0.25, 0.3) is 4.96 Å². The van der Waals surface area contributed by atoms with E-state index in [0.29, 0.717) is 24.2 Å². The van der Waals surface area contributed by atoms with Gasteiger partial charge < -0.3 is 20.4 Å². The zero-order valence-corrected chi connectivity index (χ0v) is 18.6. The van der Waals surface area contributed by atoms with Crippen LogP contribution in [0.3, 0.4) is 0 Å². The van der Waals surface area contributed by atoms with Gasteiger partial charge in [-0.05, 0) is 24.1 Å². The Morgan fingerprint density at radius 3 is 2.61 bits per heavy atom. The number of aliphatic carboxylic acids is 1. The van der Waals surface area contributed by atoms with Gasteiger partial charge in [-0.1, -0.05) is 36.8 Å². The zero-order chi connectivity index (χ0) is 23.7. The van der Waals surface area contributed by atoms with Gasteiger partial charge in [0.05, 0.1) is 6.54 Å². The van der Waals surface area contributed by atoms with Crippen molar-refractivity contribution in [2.24, 2.45) is 0 Å². The molecule has 0 bridgehead atoms. The number of aryl methyl sites for hydroxylation is 1. The van der Waals surface area contributed by atoms with E-state index in [2.05, 4.69) is 17.2 Å². The Labute approximate surface area is 192 Å². The molecule has 3 heterocycles. The summed E-state index contributed by atoms with van der Waals surface area (Å²) < 4.78 is 1.26. The number of benzene rings is 1. The molecule has 0 fully saturated rings. The molecule has 4 rings (SSSR count). The number of nitrogens with zero attached hydrogens (tertiary/aromatic N) is 3. The lowest BCUT2D eigenvalue weighted by Gasteiger charge is -2.26. The van der Waals surface area contributed by atoms with E-state index in [4.69, 9.17) is 5.11 Å². The molecule has 172 valence electrons. The summed E-state index contributed by atoms with van der Waals surface area (Å²) in [5.74, 6) is -3.17. The Hall–Kier alpha value is -3.73. The molecule has 0 aliphatic carbocycles. The van der Waals surface area contributed by atoms with Gasteiger partial charge in [0, 0.05) is 29.1 Å². The van der Waals surface area contributed by atoms with Gasteiger partial charge in [0.25, 0.3) is 17.4 Å². The van der Waals surface area contributed by atoms with Crippen LogP contribution < -0.4 is 10.9 Å². The molecule has 0 saturated carbocycles. The molecule has 3 aromatic rings. The third kappa shape index (κ3) is 4.31. The van der Waals surface area contributed by atoms with E-state index in [1.807, 2.05) is 24.3 Å². The van der Waals surface area contributed by atoms with Crippen molar-refractivity contribution in [1.82, 2.24) is 19.6 Å². The number of carbonyl (C=O) groups excluding carboxylic acids is 2. The molecule has 0 unspecified atom stereocenters. The highest BCUT2D eigenvalue weighted by atomic mass is 32.1. The Bertz CT molecular complexity index is 1310. The van der Waals surface area contributed by atoms with Crippen LogP contribution in [0.1, 0.15) is 50.2 Å². The smallest absolute Gasteiger partial charge is 0.322 e. The lowest BCUT2D eigenvalue weighted by molar-refractivity contribution is -0.135. The average molecular weight is 471 g/mol. The maximum Gasteiger partial charge on any atom is 0.322 e. The second-order valence-corrected chi connectivity index (χ2v) is 8.77. The van der Waals surface area contributed by atoms with Gasteiger partial charge in [-0.25, -0.2) is 0 Å². The van der Waals surface area contributed by atoms with E-state index in [0.717, 1.165) is 29.1 Å². The van der Waals surface area contributed by atoms with E-state index in [9.17, 15) is 24.3 Å². The minimum Gasteiger partial charge on any atom is -0.492 e. The summed E-state index contributed by atoms with van der Waals surface area (Å²) >= 11 is 1.16. The van der Waals surface area contributed by atoms with Crippen molar-refractivity contribution >= 4 is 34.1 Å². The van der Waals surface area contributed by atoms with Crippen LogP contribution in [0.5, 0.6) is 5.88 Å². The summed E-state index contributed by atoms with van der Waals surface area (Å²) in [6.45, 7) is 2.06. The fourth-order valence-corrected chi connectivity index (χ4v) is 5.03. The Morgan fingerprint density at radius 2 is 1.94 bits per heavy atom. The van der Waals surface area contributed by atoms with E-state index < -0.39 is 35.4 Å². The lowest BCUT2D eigenvalue weighted by atomic mass is 10.1. The van der Waals surface area contributed by atoms with E-state index in [1.165, 1.54) is 9.96 Å². The number of aromatic nitrogens is 2. The van der Waals surface area contributed by atoms with Crippen LogP contribution in [0, 0.1) is 0 Å². The number of rotatable bonds is 6. The van der Waals surface area contributed by atoms with Crippen molar-refractivity contribution in [1.29, 1.82) is 0 Å². The number of thiazole rings is 1. The van der Waals surface area contributed by atoms with Gasteiger partial charge >= 0.3 is 5.97 Å². The predicted octanol–water partition coefficient (Wildman–Crippen LogP) is 1.43. The van der Waals surface area contributed by atoms with Crippen LogP contribution >= 0.6 is 11.3 Å². The molecule has 11 heteroatoms. The quantitative estimate of drug-likeness (QED) is 0.495. The van der Waals surface area contributed by atoms with Crippen LogP contribution in [-0.4, -0.2) is 55.4 Å². The van der Waals surface area contributed by atoms with E-state index in [-0.39, 0.29) is 17.4 Å². The summed E-state index contributed by atoms with van der Waals surface area (Å²) in [4.78, 5) is 55.5. The number of carboxylic acids is 1. The minimum absolute atomic E-state index is 0.113. The molecule has 10 nitrogen and oxygen atoms in total. The van der Waals surface area contributed by atoms with Gasteiger partial charge in [-0.3, -0.25) is 23.6 Å². The van der Waals surface area contributed by atoms with Crippen molar-refractivity contribution in [3.63, 3.8) is 0 Å². The predicted molar refractivity (Wildman–Crippen MR) is 120 cm³/mol. The van der Waals surface area contributed by atoms with Crippen LogP contribution in [0.4, 0.5) is 0 Å². The van der Waals surface area contributed by atoms with Crippen LogP contribution in [0.2, 0.25) is 0 Å². The molecule has 0 radical (unpaired) electrons. The topological polar surface area (TPSA) is 141 Å². The molecule has 3 N–H and O–H groups in total. The number of carboxylic acid groups (broad SMARTS) is 1. The number of nitrogens with one attached hydrogen (secondary N) is 1. The van der Waals surface area contributed by atoms with Gasteiger partial charge in [-0.2, -0.15) is 4.98 Å². The standard InChI is InChI=1S/C22H22N4O6S/c1-2-3-12-4-6-13(7-5-12)20(31)25-9-8-14-15(11-25)33-22-24-19(30)17(21(32)26(14)22)18(29)23-10-16(27)28/h4-7,30H,2-3,8-11H2,1H3,(H,23,29)(H,27,28). The minimum atomic E-state index is -1.28. The molecule has 1 aliphatic rings. The largest absolute Gasteiger partial charge is 0.492 e. The van der Waals surface area contributed by atoms with Crippen molar-refractivity contribution in [2.45, 2.75) is 32.7 Å². The molecule has 0 spiro atoms. The Morgan fingerprint density at radius 1 is 1.21 bits per heavy atom. The van der Waals surface area contributed by atoms with Crippen LogP contribution in [0.15, 0.2) is 29.1 Å². The number of hydrogen-bond donors (Lipinski definition) is 3. The highest BCUT2D eigenvalue weighted by Crippen LogP contribution is 2.29. The molecule has 2 aromatic heterocycles. The van der Waals surface area contributed by atoms with Crippen molar-refractivity contribution in [3.8, 4) is 5.88 Å². The first kappa shape index (κ1) is 22.5. The second kappa shape index (κ2) is 9.02. The lowest BCUT2D eigenvalue weighted by Crippen LogP contribution is -2.37. The number of carbonyl (C=O) groups is 3. The Balaban J connectivity index is 1.62. The molecule has 33 heavy (non-hydrogen) atoms. The summed E-state index contributed by atoms with van der Waals surface area (Å²) in [5.41, 5.74) is 1.00. The highest BCUT2D eigenvalue weighted by molar-refractivity contribution is 7.17. The first-order chi connectivity index (χ1) is 15.8. The first-order valence-corrected chi connectivity index (χ1v) is 11.3. The van der Waals surface area contributed by atoms with E-state index >= 15 is 0 Å². The number of hydrogen-bond acceptors (Lipinski definition) is 7. The van der Waals surface area contributed by atoms with Gasteiger partial charge in [0.2, 0.25) is 10.8 Å². The van der Waals surface area contributed by atoms with Gasteiger partial charge in [0.1, 0.15) is 6.54 Å². The third-order valence-electron chi connectivity index (χ3n) is 5.45. The fraction of sp³-hybridized carbons (Fsp3) is 0.318. The van der Waals surface area contributed by atoms with Gasteiger partial charge in [0.15, 0.2) is 5.56 Å². The molecule has 0 saturated heterocycles. The number of aromatic hydroxyl groups is 1. The Kier molecular flexibility index (Phi) is 6.14. The van der Waals surface area contributed by atoms with Crippen molar-refractivity contribution in [3.05, 3.63) is 61.9 Å². The number of fused-ring (bicyclic) bond motifs is 3. The second-order valence-electron chi connectivity index (χ2n) is 7.71. The molecular formula is C22H22N4O6S. The first-order valence-electron chi connectivity index (χ1n) is 10.4. The van der Waals surface area contributed by atoms with E-state index in [1.54, 1.807) is 4.90 Å². The molecule has 2 amide bonds. The maximum atomic E-state index is 13.0. The molecule has 1 aromatic carbocycles. The maximum absolute atomic E-state index is 13.0. The monoisotopic (exact) mass is 470 g/mol.